The monoisotopic (exact) mass is 268 g/mol. The van der Waals surface area contributed by atoms with Crippen molar-refractivity contribution in [1.29, 1.82) is 0 Å². The first-order valence-corrected chi connectivity index (χ1v) is 7.00. The molecule has 2 heterocycles. The van der Waals surface area contributed by atoms with Crippen LogP contribution in [0, 0.1) is 0 Å². The highest BCUT2D eigenvalue weighted by atomic mass is 16.2. The summed E-state index contributed by atoms with van der Waals surface area (Å²) in [5.41, 5.74) is 1.74. The van der Waals surface area contributed by atoms with Gasteiger partial charge in [0.05, 0.1) is 12.6 Å². The predicted octanol–water partition coefficient (Wildman–Crippen LogP) is 1.94. The average Bonchev–Trinajstić information content (AvgIpc) is 3.04. The second-order valence-electron chi connectivity index (χ2n) is 5.45. The summed E-state index contributed by atoms with van der Waals surface area (Å²) >= 11 is 0. The van der Waals surface area contributed by atoms with E-state index in [0.29, 0.717) is 11.7 Å². The largest absolute Gasteiger partial charge is 0.362 e. The first-order valence-electron chi connectivity index (χ1n) is 7.00. The van der Waals surface area contributed by atoms with Crippen LogP contribution in [-0.4, -0.2) is 21.7 Å². The zero-order chi connectivity index (χ0) is 13.5. The van der Waals surface area contributed by atoms with Crippen LogP contribution in [0.4, 0.5) is 5.82 Å². The minimum Gasteiger partial charge on any atom is -0.362 e. The van der Waals surface area contributed by atoms with Crippen molar-refractivity contribution in [2.24, 2.45) is 0 Å². The summed E-state index contributed by atoms with van der Waals surface area (Å²) in [5.74, 6) is 0.854. The highest BCUT2D eigenvalue weighted by Gasteiger charge is 2.28. The topological polar surface area (TPSA) is 59.0 Å². The summed E-state index contributed by atoms with van der Waals surface area (Å²) in [6.07, 6.45) is 2.18. The van der Waals surface area contributed by atoms with E-state index < -0.39 is 0 Å². The minimum atomic E-state index is -0.0625. The van der Waals surface area contributed by atoms with Crippen molar-refractivity contribution < 1.29 is 4.79 Å². The van der Waals surface area contributed by atoms with Gasteiger partial charge in [-0.15, -0.1) is 0 Å². The number of benzene rings is 1. The maximum atomic E-state index is 11.9. The lowest BCUT2D eigenvalue weighted by Crippen LogP contribution is -2.26. The second-order valence-corrected chi connectivity index (χ2v) is 5.45. The molecule has 1 aromatic carbocycles. The van der Waals surface area contributed by atoms with Gasteiger partial charge in [0.15, 0.2) is 5.69 Å². The van der Waals surface area contributed by atoms with Gasteiger partial charge in [-0.25, -0.2) is 4.68 Å². The molecule has 1 saturated carbocycles. The molecule has 0 saturated heterocycles. The lowest BCUT2D eigenvalue weighted by Gasteiger charge is -2.10. The number of hydrogen-bond acceptors (Lipinski definition) is 3. The van der Waals surface area contributed by atoms with Crippen LogP contribution in [0.1, 0.15) is 34.9 Å². The van der Waals surface area contributed by atoms with E-state index in [9.17, 15) is 4.79 Å². The van der Waals surface area contributed by atoms with Gasteiger partial charge in [0.1, 0.15) is 5.82 Å². The van der Waals surface area contributed by atoms with Crippen LogP contribution in [0.2, 0.25) is 0 Å². The van der Waals surface area contributed by atoms with E-state index in [1.54, 1.807) is 0 Å². The van der Waals surface area contributed by atoms with Gasteiger partial charge in [-0.05, 0) is 18.4 Å². The van der Waals surface area contributed by atoms with E-state index in [0.717, 1.165) is 25.2 Å². The predicted molar refractivity (Wildman–Crippen MR) is 75.5 cm³/mol. The van der Waals surface area contributed by atoms with Gasteiger partial charge in [0, 0.05) is 12.1 Å². The Bertz CT molecular complexity index is 622. The van der Waals surface area contributed by atoms with Crippen LogP contribution in [0.15, 0.2) is 36.4 Å². The van der Waals surface area contributed by atoms with Crippen molar-refractivity contribution in [1.82, 2.24) is 15.1 Å². The Labute approximate surface area is 117 Å². The summed E-state index contributed by atoms with van der Waals surface area (Å²) < 4.78 is 1.87. The quantitative estimate of drug-likeness (QED) is 0.894. The van der Waals surface area contributed by atoms with Crippen LogP contribution in [0.5, 0.6) is 0 Å². The summed E-state index contributed by atoms with van der Waals surface area (Å²) in [5, 5.41) is 10.8. The highest BCUT2D eigenvalue weighted by Crippen LogP contribution is 2.29. The van der Waals surface area contributed by atoms with Crippen LogP contribution in [0.3, 0.4) is 0 Å². The molecule has 1 fully saturated rings. The molecule has 2 aliphatic rings. The third-order valence-corrected chi connectivity index (χ3v) is 3.80. The Morgan fingerprint density at radius 1 is 1.30 bits per heavy atom. The average molecular weight is 268 g/mol. The normalized spacial score (nSPS) is 20.3. The fraction of sp³-hybridized carbons (Fsp3) is 0.333. The summed E-state index contributed by atoms with van der Waals surface area (Å²) in [4.78, 5) is 11.9. The zero-order valence-corrected chi connectivity index (χ0v) is 11.0. The molecule has 1 atom stereocenters. The first-order chi connectivity index (χ1) is 9.79. The van der Waals surface area contributed by atoms with Gasteiger partial charge >= 0.3 is 0 Å². The molecule has 102 valence electrons. The number of amides is 1. The maximum absolute atomic E-state index is 11.9. The number of carbonyl (C=O) groups excluding carboxylic acids is 1. The number of fused-ring (bicyclic) bond motifs is 1. The van der Waals surface area contributed by atoms with Crippen LogP contribution >= 0.6 is 0 Å². The van der Waals surface area contributed by atoms with Crippen LogP contribution < -0.4 is 10.6 Å². The lowest BCUT2D eigenvalue weighted by molar-refractivity contribution is 0.0945. The number of anilines is 1. The van der Waals surface area contributed by atoms with Gasteiger partial charge < -0.3 is 10.6 Å². The molecular weight excluding hydrogens is 252 g/mol. The van der Waals surface area contributed by atoms with Gasteiger partial charge in [0.25, 0.3) is 5.91 Å². The number of nitrogens with zero attached hydrogens (tertiary/aromatic N) is 2. The van der Waals surface area contributed by atoms with E-state index >= 15 is 0 Å². The fourth-order valence-corrected chi connectivity index (χ4v) is 2.54. The third kappa shape index (κ3) is 2.05. The fourth-order valence-electron chi connectivity index (χ4n) is 2.54. The number of carbonyl (C=O) groups is 1. The highest BCUT2D eigenvalue weighted by molar-refractivity contribution is 5.93. The first kappa shape index (κ1) is 11.5. The summed E-state index contributed by atoms with van der Waals surface area (Å²) in [6, 6.07) is 12.7. The molecule has 4 rings (SSSR count). The van der Waals surface area contributed by atoms with Crippen molar-refractivity contribution in [3.05, 3.63) is 47.7 Å². The lowest BCUT2D eigenvalue weighted by atomic mass is 10.1. The summed E-state index contributed by atoms with van der Waals surface area (Å²) in [6.45, 7) is 0.760. The van der Waals surface area contributed by atoms with E-state index in [-0.39, 0.29) is 11.9 Å². The maximum Gasteiger partial charge on any atom is 0.272 e. The van der Waals surface area contributed by atoms with E-state index in [1.165, 1.54) is 5.56 Å². The second kappa shape index (κ2) is 4.37. The molecule has 1 amide bonds. The van der Waals surface area contributed by atoms with Gasteiger partial charge in [0.2, 0.25) is 0 Å². The molecule has 5 nitrogen and oxygen atoms in total. The standard InChI is InChI=1S/C15H16N4O/c20-15(16-11-6-7-11)12-8-14-17-13(9-19(14)18-12)10-4-2-1-3-5-10/h1-5,8,11,13,17H,6-7,9H2,(H,16,20). The van der Waals surface area contributed by atoms with Crippen molar-refractivity contribution in [2.45, 2.75) is 31.5 Å². The van der Waals surface area contributed by atoms with Crippen LogP contribution in [0.25, 0.3) is 0 Å². The molecule has 2 aromatic rings. The van der Waals surface area contributed by atoms with E-state index in [1.807, 2.05) is 28.9 Å². The summed E-state index contributed by atoms with van der Waals surface area (Å²) in [7, 11) is 0. The molecule has 1 unspecified atom stereocenters. The van der Waals surface area contributed by atoms with Crippen molar-refractivity contribution >= 4 is 11.7 Å². The van der Waals surface area contributed by atoms with E-state index in [2.05, 4.69) is 27.9 Å². The third-order valence-electron chi connectivity index (χ3n) is 3.80. The van der Waals surface area contributed by atoms with Gasteiger partial charge in [-0.2, -0.15) is 5.10 Å². The number of nitrogens with one attached hydrogen (secondary N) is 2. The minimum absolute atomic E-state index is 0.0625. The van der Waals surface area contributed by atoms with Crippen molar-refractivity contribution in [2.75, 3.05) is 5.32 Å². The molecule has 1 aliphatic carbocycles. The number of aromatic nitrogens is 2. The molecule has 2 N–H and O–H groups in total. The molecular formula is C15H16N4O. The molecule has 0 bridgehead atoms. The van der Waals surface area contributed by atoms with Gasteiger partial charge in [-0.1, -0.05) is 30.3 Å². The Morgan fingerprint density at radius 3 is 2.80 bits per heavy atom. The number of rotatable bonds is 3. The van der Waals surface area contributed by atoms with Crippen molar-refractivity contribution in [3.63, 3.8) is 0 Å². The van der Waals surface area contributed by atoms with Crippen molar-refractivity contribution in [3.8, 4) is 0 Å². The molecule has 0 radical (unpaired) electrons. The SMILES string of the molecule is O=C(NC1CC1)c1cc2n(n1)CC(c1ccccc1)N2. The van der Waals surface area contributed by atoms with Gasteiger partial charge in [-0.3, -0.25) is 4.79 Å². The zero-order valence-electron chi connectivity index (χ0n) is 11.0. The molecule has 1 aliphatic heterocycles. The molecule has 5 heteroatoms. The Hall–Kier alpha value is -2.30. The molecule has 1 aromatic heterocycles. The molecule has 20 heavy (non-hydrogen) atoms. The number of hydrogen-bond donors (Lipinski definition) is 2. The smallest absolute Gasteiger partial charge is 0.272 e. The van der Waals surface area contributed by atoms with Crippen LogP contribution in [-0.2, 0) is 6.54 Å². The Morgan fingerprint density at radius 2 is 2.10 bits per heavy atom. The van der Waals surface area contributed by atoms with E-state index in [4.69, 9.17) is 0 Å². The Kier molecular flexibility index (Phi) is 2.52. The Balaban J connectivity index is 1.50. The molecule has 0 spiro atoms.